The molecule has 4 rings (SSSR count). The predicted octanol–water partition coefficient (Wildman–Crippen LogP) is 4.09. The molecular weight excluding hydrogens is 334 g/mol. The van der Waals surface area contributed by atoms with Crippen molar-refractivity contribution in [2.24, 2.45) is 5.92 Å². The number of allylic oxidation sites excluding steroid dienone is 2. The summed E-state index contributed by atoms with van der Waals surface area (Å²) >= 11 is 0. The third-order valence-corrected chi connectivity index (χ3v) is 6.30. The zero-order valence-corrected chi connectivity index (χ0v) is 16.7. The third-order valence-electron chi connectivity index (χ3n) is 6.30. The molecule has 1 aromatic rings. The van der Waals surface area contributed by atoms with E-state index in [1.165, 1.54) is 70.9 Å². The van der Waals surface area contributed by atoms with Gasteiger partial charge in [0.15, 0.2) is 0 Å². The van der Waals surface area contributed by atoms with Gasteiger partial charge >= 0.3 is 0 Å². The third kappa shape index (κ3) is 5.44. The highest BCUT2D eigenvalue weighted by atomic mass is 15.2. The molecule has 5 nitrogen and oxygen atoms in total. The lowest BCUT2D eigenvalue weighted by molar-refractivity contribution is 0.180. The first-order valence-corrected chi connectivity index (χ1v) is 11.1. The molecule has 1 N–H and O–H groups in total. The SMILES string of the molecule is C1=CCC(CN2CCCC(Nc3nccc(N4CCCCCC4)n3)C2)CC1. The summed E-state index contributed by atoms with van der Waals surface area (Å²) in [4.78, 5) is 14.5. The van der Waals surface area contributed by atoms with Gasteiger partial charge in [-0.25, -0.2) is 4.98 Å². The van der Waals surface area contributed by atoms with Gasteiger partial charge in [-0.2, -0.15) is 4.98 Å². The van der Waals surface area contributed by atoms with Crippen molar-refractivity contribution in [3.05, 3.63) is 24.4 Å². The fourth-order valence-electron chi connectivity index (χ4n) is 4.80. The van der Waals surface area contributed by atoms with Crippen LogP contribution in [-0.2, 0) is 0 Å². The van der Waals surface area contributed by atoms with Crippen molar-refractivity contribution in [2.75, 3.05) is 42.9 Å². The van der Waals surface area contributed by atoms with Gasteiger partial charge in [0, 0.05) is 38.4 Å². The molecular formula is C22H35N5. The summed E-state index contributed by atoms with van der Waals surface area (Å²) in [5.74, 6) is 2.75. The van der Waals surface area contributed by atoms with Crippen LogP contribution < -0.4 is 10.2 Å². The van der Waals surface area contributed by atoms with Gasteiger partial charge in [-0.05, 0) is 63.5 Å². The Labute approximate surface area is 164 Å². The Morgan fingerprint density at radius 2 is 1.89 bits per heavy atom. The molecule has 2 fully saturated rings. The van der Waals surface area contributed by atoms with Gasteiger partial charge in [-0.3, -0.25) is 0 Å². The Hall–Kier alpha value is -1.62. The fraction of sp³-hybridized carbons (Fsp3) is 0.727. The van der Waals surface area contributed by atoms with Crippen molar-refractivity contribution < 1.29 is 0 Å². The second-order valence-electron chi connectivity index (χ2n) is 8.53. The van der Waals surface area contributed by atoms with E-state index in [1.807, 2.05) is 6.20 Å². The van der Waals surface area contributed by atoms with Crippen LogP contribution in [-0.4, -0.2) is 53.6 Å². The second-order valence-corrected chi connectivity index (χ2v) is 8.53. The number of hydrogen-bond donors (Lipinski definition) is 1. The molecule has 2 atom stereocenters. The van der Waals surface area contributed by atoms with Gasteiger partial charge in [-0.15, -0.1) is 0 Å². The molecule has 0 aromatic carbocycles. The summed E-state index contributed by atoms with van der Waals surface area (Å²) in [5.41, 5.74) is 0. The standard InChI is InChI=1S/C22H35N5/c1-2-7-16-27(15-6-1)21-12-13-23-22(25-21)24-20-11-8-14-26(18-20)17-19-9-4-3-5-10-19/h3-4,12-13,19-20H,1-2,5-11,14-18H2,(H,23,24,25). The number of hydrogen-bond acceptors (Lipinski definition) is 5. The van der Waals surface area contributed by atoms with E-state index < -0.39 is 0 Å². The van der Waals surface area contributed by atoms with Gasteiger partial charge in [0.25, 0.3) is 0 Å². The zero-order chi connectivity index (χ0) is 18.3. The van der Waals surface area contributed by atoms with Crippen molar-refractivity contribution in [3.8, 4) is 0 Å². The predicted molar refractivity (Wildman–Crippen MR) is 112 cm³/mol. The molecule has 2 unspecified atom stereocenters. The number of anilines is 2. The van der Waals surface area contributed by atoms with Crippen LogP contribution >= 0.6 is 0 Å². The van der Waals surface area contributed by atoms with Crippen LogP contribution in [0.4, 0.5) is 11.8 Å². The average molecular weight is 370 g/mol. The number of rotatable bonds is 5. The molecule has 27 heavy (non-hydrogen) atoms. The molecule has 148 valence electrons. The number of aromatic nitrogens is 2. The number of likely N-dealkylation sites (tertiary alicyclic amines) is 1. The first-order chi connectivity index (χ1) is 13.4. The first-order valence-electron chi connectivity index (χ1n) is 11.1. The van der Waals surface area contributed by atoms with E-state index >= 15 is 0 Å². The minimum atomic E-state index is 0.470. The van der Waals surface area contributed by atoms with Crippen LogP contribution in [0.5, 0.6) is 0 Å². The van der Waals surface area contributed by atoms with E-state index in [0.717, 1.165) is 37.3 Å². The van der Waals surface area contributed by atoms with Crippen LogP contribution in [0.2, 0.25) is 0 Å². The normalized spacial score (nSPS) is 27.3. The van der Waals surface area contributed by atoms with Crippen LogP contribution in [0.15, 0.2) is 24.4 Å². The lowest BCUT2D eigenvalue weighted by Gasteiger charge is -2.35. The molecule has 3 aliphatic rings. The smallest absolute Gasteiger partial charge is 0.224 e. The summed E-state index contributed by atoms with van der Waals surface area (Å²) in [6.07, 6.45) is 18.2. The van der Waals surface area contributed by atoms with Crippen LogP contribution in [0.3, 0.4) is 0 Å². The summed E-state index contributed by atoms with van der Waals surface area (Å²) in [7, 11) is 0. The molecule has 2 saturated heterocycles. The molecule has 0 saturated carbocycles. The minimum absolute atomic E-state index is 0.470. The number of nitrogens with one attached hydrogen (secondary N) is 1. The van der Waals surface area contributed by atoms with Gasteiger partial charge in [0.05, 0.1) is 0 Å². The molecule has 0 spiro atoms. The van der Waals surface area contributed by atoms with Crippen molar-refractivity contribution in [1.82, 2.24) is 14.9 Å². The van der Waals surface area contributed by atoms with Crippen molar-refractivity contribution in [1.29, 1.82) is 0 Å². The van der Waals surface area contributed by atoms with Crippen molar-refractivity contribution in [2.45, 2.75) is 63.8 Å². The lowest BCUT2D eigenvalue weighted by Crippen LogP contribution is -2.44. The molecule has 1 aromatic heterocycles. The maximum absolute atomic E-state index is 4.85. The Morgan fingerprint density at radius 3 is 2.70 bits per heavy atom. The van der Waals surface area contributed by atoms with E-state index in [9.17, 15) is 0 Å². The van der Waals surface area contributed by atoms with E-state index in [2.05, 4.69) is 38.3 Å². The monoisotopic (exact) mass is 369 g/mol. The molecule has 5 heteroatoms. The molecule has 3 heterocycles. The number of nitrogens with zero attached hydrogens (tertiary/aromatic N) is 4. The lowest BCUT2D eigenvalue weighted by atomic mass is 9.93. The number of piperidine rings is 1. The second kappa shape index (κ2) is 9.54. The summed E-state index contributed by atoms with van der Waals surface area (Å²) < 4.78 is 0. The molecule has 0 bridgehead atoms. The Bertz CT molecular complexity index is 608. The summed E-state index contributed by atoms with van der Waals surface area (Å²) in [5, 5.41) is 3.64. The van der Waals surface area contributed by atoms with E-state index in [-0.39, 0.29) is 0 Å². The van der Waals surface area contributed by atoms with Gasteiger partial charge in [0.2, 0.25) is 5.95 Å². The van der Waals surface area contributed by atoms with Crippen LogP contribution in [0, 0.1) is 5.92 Å². The summed E-state index contributed by atoms with van der Waals surface area (Å²) in [6.45, 7) is 5.87. The Balaban J connectivity index is 1.32. The van der Waals surface area contributed by atoms with Crippen LogP contribution in [0.1, 0.15) is 57.8 Å². The summed E-state index contributed by atoms with van der Waals surface area (Å²) in [6, 6.07) is 2.54. The Morgan fingerprint density at radius 1 is 1.00 bits per heavy atom. The highest BCUT2D eigenvalue weighted by molar-refractivity contribution is 5.43. The molecule has 0 amide bonds. The van der Waals surface area contributed by atoms with E-state index in [4.69, 9.17) is 4.98 Å². The highest BCUT2D eigenvalue weighted by Crippen LogP contribution is 2.23. The van der Waals surface area contributed by atoms with E-state index in [1.54, 1.807) is 0 Å². The Kier molecular flexibility index (Phi) is 6.62. The van der Waals surface area contributed by atoms with Gasteiger partial charge in [0.1, 0.15) is 5.82 Å². The first kappa shape index (κ1) is 18.7. The minimum Gasteiger partial charge on any atom is -0.356 e. The molecule has 2 aliphatic heterocycles. The van der Waals surface area contributed by atoms with Crippen molar-refractivity contribution in [3.63, 3.8) is 0 Å². The maximum atomic E-state index is 4.85. The maximum Gasteiger partial charge on any atom is 0.224 e. The quantitative estimate of drug-likeness (QED) is 0.792. The fourth-order valence-corrected chi connectivity index (χ4v) is 4.80. The molecule has 1 aliphatic carbocycles. The van der Waals surface area contributed by atoms with Gasteiger partial charge < -0.3 is 15.1 Å². The largest absolute Gasteiger partial charge is 0.356 e. The highest BCUT2D eigenvalue weighted by Gasteiger charge is 2.23. The topological polar surface area (TPSA) is 44.3 Å². The molecule has 0 radical (unpaired) electrons. The zero-order valence-electron chi connectivity index (χ0n) is 16.7. The van der Waals surface area contributed by atoms with Crippen LogP contribution in [0.25, 0.3) is 0 Å². The van der Waals surface area contributed by atoms with Gasteiger partial charge in [-0.1, -0.05) is 25.0 Å². The average Bonchev–Trinajstić information content (AvgIpc) is 2.99. The van der Waals surface area contributed by atoms with E-state index in [0.29, 0.717) is 6.04 Å². The van der Waals surface area contributed by atoms with Crippen molar-refractivity contribution >= 4 is 11.8 Å².